The van der Waals surface area contributed by atoms with Gasteiger partial charge in [-0.2, -0.15) is 0 Å². The second-order valence-electron chi connectivity index (χ2n) is 7.81. The predicted molar refractivity (Wildman–Crippen MR) is 105 cm³/mol. The number of hydrogen-bond acceptors (Lipinski definition) is 4. The van der Waals surface area contributed by atoms with Crippen molar-refractivity contribution in [2.24, 2.45) is 0 Å². The Morgan fingerprint density at radius 2 is 2.00 bits per heavy atom. The Labute approximate surface area is 165 Å². The molecule has 2 fully saturated rings. The van der Waals surface area contributed by atoms with Gasteiger partial charge in [-0.3, -0.25) is 14.5 Å². The molecule has 1 saturated heterocycles. The Morgan fingerprint density at radius 1 is 1.29 bits per heavy atom. The van der Waals surface area contributed by atoms with E-state index in [2.05, 4.69) is 10.6 Å². The number of rotatable bonds is 6. The summed E-state index contributed by atoms with van der Waals surface area (Å²) in [4.78, 5) is 38.7. The normalized spacial score (nSPS) is 19.5. The van der Waals surface area contributed by atoms with Crippen LogP contribution >= 0.6 is 0 Å². The molecule has 7 nitrogen and oxygen atoms in total. The van der Waals surface area contributed by atoms with E-state index in [9.17, 15) is 14.4 Å². The summed E-state index contributed by atoms with van der Waals surface area (Å²) in [6.45, 7) is 3.96. The molecule has 1 spiro atoms. The Bertz CT molecular complexity index is 771. The van der Waals surface area contributed by atoms with E-state index in [-0.39, 0.29) is 36.9 Å². The number of nitrogens with zero attached hydrogens (tertiary/aromatic N) is 1. The number of methoxy groups -OCH3 is 1. The quantitative estimate of drug-likeness (QED) is 0.735. The second-order valence-corrected chi connectivity index (χ2v) is 7.81. The molecule has 1 aliphatic heterocycles. The number of aryl methyl sites for hydroxylation is 1. The van der Waals surface area contributed by atoms with Crippen LogP contribution < -0.4 is 15.4 Å². The monoisotopic (exact) mass is 387 g/mol. The van der Waals surface area contributed by atoms with Crippen molar-refractivity contribution >= 4 is 17.8 Å². The number of imide groups is 1. The lowest BCUT2D eigenvalue weighted by Gasteiger charge is -2.30. The summed E-state index contributed by atoms with van der Waals surface area (Å²) in [5.41, 5.74) is 1.23. The first-order valence-corrected chi connectivity index (χ1v) is 9.94. The van der Waals surface area contributed by atoms with Gasteiger partial charge in [0, 0.05) is 18.5 Å². The van der Waals surface area contributed by atoms with E-state index in [4.69, 9.17) is 4.74 Å². The van der Waals surface area contributed by atoms with Crippen molar-refractivity contribution in [3.05, 3.63) is 29.3 Å². The summed E-state index contributed by atoms with van der Waals surface area (Å²) in [5.74, 6) is 0.325. The van der Waals surface area contributed by atoms with E-state index < -0.39 is 5.54 Å². The highest BCUT2D eigenvalue weighted by atomic mass is 16.5. The lowest BCUT2D eigenvalue weighted by molar-refractivity contribution is -0.132. The third-order valence-corrected chi connectivity index (χ3v) is 5.74. The first-order valence-electron chi connectivity index (χ1n) is 9.94. The SMILES string of the molecule is COc1ccc(C)cc1[C@@H](C)NC(=O)CCN1C(=O)NC2(CCCCC2)C1=O. The van der Waals surface area contributed by atoms with Gasteiger partial charge in [0.25, 0.3) is 5.91 Å². The molecule has 1 atom stereocenters. The van der Waals surface area contributed by atoms with Gasteiger partial charge >= 0.3 is 6.03 Å². The highest BCUT2D eigenvalue weighted by molar-refractivity contribution is 6.07. The fourth-order valence-electron chi connectivity index (χ4n) is 4.17. The van der Waals surface area contributed by atoms with Gasteiger partial charge < -0.3 is 15.4 Å². The number of nitrogens with one attached hydrogen (secondary N) is 2. The molecule has 4 amide bonds. The molecule has 1 heterocycles. The van der Waals surface area contributed by atoms with E-state index in [1.807, 2.05) is 32.0 Å². The van der Waals surface area contributed by atoms with Crippen LogP contribution in [0.5, 0.6) is 5.75 Å². The lowest BCUT2D eigenvalue weighted by atomic mass is 9.82. The van der Waals surface area contributed by atoms with Gasteiger partial charge in [0.2, 0.25) is 5.91 Å². The third kappa shape index (κ3) is 3.98. The van der Waals surface area contributed by atoms with E-state index in [1.54, 1.807) is 7.11 Å². The summed E-state index contributed by atoms with van der Waals surface area (Å²) >= 11 is 0. The highest BCUT2D eigenvalue weighted by Gasteiger charge is 2.51. The van der Waals surface area contributed by atoms with Gasteiger partial charge in [0.1, 0.15) is 11.3 Å². The van der Waals surface area contributed by atoms with Gasteiger partial charge in [0.15, 0.2) is 0 Å². The van der Waals surface area contributed by atoms with E-state index in [1.165, 1.54) is 4.90 Å². The molecule has 0 unspecified atom stereocenters. The smallest absolute Gasteiger partial charge is 0.325 e. The summed E-state index contributed by atoms with van der Waals surface area (Å²) in [7, 11) is 1.60. The van der Waals surface area contributed by atoms with Crippen LogP contribution in [-0.4, -0.2) is 41.9 Å². The van der Waals surface area contributed by atoms with Crippen LogP contribution in [0.25, 0.3) is 0 Å². The summed E-state index contributed by atoms with van der Waals surface area (Å²) < 4.78 is 5.38. The van der Waals surface area contributed by atoms with E-state index in [0.717, 1.165) is 30.4 Å². The second kappa shape index (κ2) is 8.20. The van der Waals surface area contributed by atoms with Gasteiger partial charge in [0.05, 0.1) is 13.2 Å². The molecular weight excluding hydrogens is 358 g/mol. The molecular formula is C21H29N3O4. The van der Waals surface area contributed by atoms with Crippen LogP contribution in [0.1, 0.15) is 62.6 Å². The minimum absolute atomic E-state index is 0.0771. The number of benzene rings is 1. The highest BCUT2D eigenvalue weighted by Crippen LogP contribution is 2.33. The zero-order valence-electron chi connectivity index (χ0n) is 16.8. The number of urea groups is 1. The van der Waals surface area contributed by atoms with Crippen LogP contribution in [0.15, 0.2) is 18.2 Å². The topological polar surface area (TPSA) is 87.7 Å². The minimum Gasteiger partial charge on any atom is -0.496 e. The zero-order chi connectivity index (χ0) is 20.3. The summed E-state index contributed by atoms with van der Waals surface area (Å²) in [6.07, 6.45) is 4.42. The van der Waals surface area contributed by atoms with Crippen LogP contribution in [0.2, 0.25) is 0 Å². The van der Waals surface area contributed by atoms with Crippen molar-refractivity contribution in [2.75, 3.05) is 13.7 Å². The maximum atomic E-state index is 12.8. The summed E-state index contributed by atoms with van der Waals surface area (Å²) in [6, 6.07) is 5.19. The first kappa shape index (κ1) is 20.2. The molecule has 2 aliphatic rings. The first-order chi connectivity index (χ1) is 13.4. The maximum Gasteiger partial charge on any atom is 0.325 e. The van der Waals surface area contributed by atoms with Crippen LogP contribution in [0.3, 0.4) is 0 Å². The Kier molecular flexibility index (Phi) is 5.91. The van der Waals surface area contributed by atoms with Gasteiger partial charge in [-0.15, -0.1) is 0 Å². The molecule has 1 aliphatic carbocycles. The summed E-state index contributed by atoms with van der Waals surface area (Å²) in [5, 5.41) is 5.80. The molecule has 1 aromatic rings. The number of carbonyl (C=O) groups excluding carboxylic acids is 3. The Hall–Kier alpha value is -2.57. The zero-order valence-corrected chi connectivity index (χ0v) is 16.8. The number of carbonyl (C=O) groups is 3. The number of amides is 4. The molecule has 7 heteroatoms. The van der Waals surface area contributed by atoms with E-state index >= 15 is 0 Å². The van der Waals surface area contributed by atoms with Gasteiger partial charge in [-0.25, -0.2) is 4.79 Å². The maximum absolute atomic E-state index is 12.8. The third-order valence-electron chi connectivity index (χ3n) is 5.74. The molecule has 152 valence electrons. The molecule has 1 saturated carbocycles. The van der Waals surface area contributed by atoms with Gasteiger partial charge in [-0.1, -0.05) is 37.0 Å². The van der Waals surface area contributed by atoms with Crippen molar-refractivity contribution in [3.63, 3.8) is 0 Å². The largest absolute Gasteiger partial charge is 0.496 e. The molecule has 0 aromatic heterocycles. The fourth-order valence-corrected chi connectivity index (χ4v) is 4.17. The average molecular weight is 387 g/mol. The molecule has 1 aromatic carbocycles. The van der Waals surface area contributed by atoms with Crippen molar-refractivity contribution in [3.8, 4) is 5.75 Å². The van der Waals surface area contributed by atoms with Crippen molar-refractivity contribution in [1.29, 1.82) is 0 Å². The Morgan fingerprint density at radius 3 is 2.68 bits per heavy atom. The van der Waals surface area contributed by atoms with Crippen LogP contribution in [0, 0.1) is 6.92 Å². The van der Waals surface area contributed by atoms with Crippen LogP contribution in [0.4, 0.5) is 4.79 Å². The average Bonchev–Trinajstić information content (AvgIpc) is 2.90. The standard InChI is InChI=1S/C21H29N3O4/c1-14-7-8-17(28-3)16(13-14)15(2)22-18(25)9-12-24-19(26)21(23-20(24)27)10-5-4-6-11-21/h7-8,13,15H,4-6,9-12H2,1-3H3,(H,22,25)(H,23,27)/t15-/m1/s1. The fraction of sp³-hybridized carbons (Fsp3) is 0.571. The number of hydrogen-bond donors (Lipinski definition) is 2. The van der Waals surface area contributed by atoms with Gasteiger partial charge in [-0.05, 0) is 32.8 Å². The number of ether oxygens (including phenoxy) is 1. The molecule has 2 N–H and O–H groups in total. The predicted octanol–water partition coefficient (Wildman–Crippen LogP) is 2.83. The van der Waals surface area contributed by atoms with Crippen molar-refractivity contribution in [1.82, 2.24) is 15.5 Å². The van der Waals surface area contributed by atoms with E-state index in [0.29, 0.717) is 18.6 Å². The van der Waals surface area contributed by atoms with Crippen LogP contribution in [-0.2, 0) is 9.59 Å². The molecule has 0 radical (unpaired) electrons. The van der Waals surface area contributed by atoms with Crippen molar-refractivity contribution < 1.29 is 19.1 Å². The lowest BCUT2D eigenvalue weighted by Crippen LogP contribution is -2.48. The molecule has 0 bridgehead atoms. The minimum atomic E-state index is -0.742. The molecule has 28 heavy (non-hydrogen) atoms. The molecule has 3 rings (SSSR count). The Balaban J connectivity index is 1.58. The van der Waals surface area contributed by atoms with Crippen molar-refractivity contribution in [2.45, 2.75) is 64.0 Å².